The number of aryl methyl sites for hydroxylation is 1. The molecule has 1 aliphatic carbocycles. The van der Waals surface area contributed by atoms with Crippen LogP contribution < -0.4 is 15.4 Å². The Morgan fingerprint density at radius 1 is 1.06 bits per heavy atom. The van der Waals surface area contributed by atoms with Crippen LogP contribution in [0.4, 0.5) is 5.69 Å². The molecule has 0 amide bonds. The molecule has 1 spiro atoms. The average molecular weight is 431 g/mol. The maximum Gasteiger partial charge on any atom is 0.118 e. The van der Waals surface area contributed by atoms with Gasteiger partial charge >= 0.3 is 0 Å². The molecule has 3 aromatic rings. The van der Waals surface area contributed by atoms with Crippen molar-refractivity contribution in [2.75, 3.05) is 25.5 Å². The highest BCUT2D eigenvalue weighted by molar-refractivity contribution is 5.86. The van der Waals surface area contributed by atoms with E-state index in [1.54, 1.807) is 7.11 Å². The standard InChI is InChI=1S/C27H34N4O/c1-18-3-8-22-23(29-18)9-10-24-26(22)30-25(15-19-4-6-21(32-2)7-5-19)31(24)20-11-13-27(14-12-20)16-28-17-27/h4-7,9-10,18,20,28-29H,3,8,11-17H2,1-2H3/t18-/m0/s1. The van der Waals surface area contributed by atoms with E-state index in [4.69, 9.17) is 9.72 Å². The highest BCUT2D eigenvalue weighted by Gasteiger charge is 2.41. The maximum absolute atomic E-state index is 5.36. The zero-order valence-corrected chi connectivity index (χ0v) is 19.3. The van der Waals surface area contributed by atoms with Crippen LogP contribution in [-0.4, -0.2) is 35.8 Å². The molecule has 6 rings (SSSR count). The van der Waals surface area contributed by atoms with Crippen LogP contribution in [0, 0.1) is 5.41 Å². The third-order valence-electron chi connectivity index (χ3n) is 8.17. The number of hydrogen-bond acceptors (Lipinski definition) is 4. The fourth-order valence-corrected chi connectivity index (χ4v) is 6.12. The normalized spacial score (nSPS) is 22.4. The summed E-state index contributed by atoms with van der Waals surface area (Å²) in [6.45, 7) is 4.69. The van der Waals surface area contributed by atoms with Crippen LogP contribution in [0.3, 0.4) is 0 Å². The number of nitrogens with one attached hydrogen (secondary N) is 2. The van der Waals surface area contributed by atoms with Crippen LogP contribution >= 0.6 is 0 Å². The third kappa shape index (κ3) is 3.38. The first-order valence-corrected chi connectivity index (χ1v) is 12.3. The molecular weight excluding hydrogens is 396 g/mol. The molecule has 2 aromatic carbocycles. The monoisotopic (exact) mass is 430 g/mol. The van der Waals surface area contributed by atoms with Gasteiger partial charge in [0.05, 0.1) is 18.1 Å². The second-order valence-electron chi connectivity index (χ2n) is 10.3. The van der Waals surface area contributed by atoms with Crippen molar-refractivity contribution in [3.63, 3.8) is 0 Å². The van der Waals surface area contributed by atoms with Gasteiger partial charge in [0.15, 0.2) is 0 Å². The summed E-state index contributed by atoms with van der Waals surface area (Å²) in [5.74, 6) is 2.12. The van der Waals surface area contributed by atoms with E-state index >= 15 is 0 Å². The van der Waals surface area contributed by atoms with Gasteiger partial charge in [-0.2, -0.15) is 0 Å². The molecule has 1 atom stereocenters. The SMILES string of the molecule is COc1ccc(Cc2nc3c4c(ccc3n2C2CCC3(CC2)CNC3)N[C@@H](C)CC4)cc1. The number of benzene rings is 2. The molecule has 5 heteroatoms. The minimum absolute atomic E-state index is 0.534. The van der Waals surface area contributed by atoms with Crippen molar-refractivity contribution in [1.29, 1.82) is 0 Å². The first-order chi connectivity index (χ1) is 15.6. The number of rotatable bonds is 4. The first-order valence-electron chi connectivity index (χ1n) is 12.3. The lowest BCUT2D eigenvalue weighted by Gasteiger charge is -2.47. The van der Waals surface area contributed by atoms with Crippen molar-refractivity contribution in [3.8, 4) is 5.75 Å². The van der Waals surface area contributed by atoms with Crippen molar-refractivity contribution in [2.45, 2.75) is 64.0 Å². The van der Waals surface area contributed by atoms with E-state index in [0.29, 0.717) is 17.5 Å². The van der Waals surface area contributed by atoms with Crippen molar-refractivity contribution in [3.05, 3.63) is 53.3 Å². The molecule has 2 aliphatic heterocycles. The van der Waals surface area contributed by atoms with E-state index in [-0.39, 0.29) is 0 Å². The molecular formula is C27H34N4O. The Bertz CT molecular complexity index is 1120. The lowest BCUT2D eigenvalue weighted by Crippen LogP contribution is -2.54. The minimum atomic E-state index is 0.534. The van der Waals surface area contributed by atoms with Crippen LogP contribution in [0.15, 0.2) is 36.4 Å². The van der Waals surface area contributed by atoms with Crippen LogP contribution in [0.1, 0.15) is 62.0 Å². The Hall–Kier alpha value is -2.53. The summed E-state index contributed by atoms with van der Waals surface area (Å²) in [4.78, 5) is 5.31. The van der Waals surface area contributed by atoms with Crippen molar-refractivity contribution < 1.29 is 4.74 Å². The number of hydrogen-bond donors (Lipinski definition) is 2. The Morgan fingerprint density at radius 2 is 1.84 bits per heavy atom. The van der Waals surface area contributed by atoms with Gasteiger partial charge in [0, 0.05) is 42.8 Å². The van der Waals surface area contributed by atoms with E-state index in [9.17, 15) is 0 Å². The summed E-state index contributed by atoms with van der Waals surface area (Å²) in [6.07, 6.45) is 8.32. The average Bonchev–Trinajstić information content (AvgIpc) is 3.16. The number of anilines is 1. The Morgan fingerprint density at radius 3 is 2.53 bits per heavy atom. The highest BCUT2D eigenvalue weighted by Crippen LogP contribution is 2.45. The van der Waals surface area contributed by atoms with E-state index in [1.807, 2.05) is 0 Å². The number of imidazole rings is 1. The lowest BCUT2D eigenvalue weighted by atomic mass is 9.68. The Balaban J connectivity index is 1.40. The minimum Gasteiger partial charge on any atom is -0.497 e. The zero-order valence-electron chi connectivity index (χ0n) is 19.3. The van der Waals surface area contributed by atoms with Gasteiger partial charge < -0.3 is 19.9 Å². The first kappa shape index (κ1) is 20.1. The Kier molecular flexibility index (Phi) is 4.90. The molecule has 2 N–H and O–H groups in total. The van der Waals surface area contributed by atoms with Crippen molar-refractivity contribution >= 4 is 16.7 Å². The number of ether oxygens (including phenoxy) is 1. The lowest BCUT2D eigenvalue weighted by molar-refractivity contribution is 0.0845. The molecule has 3 heterocycles. The zero-order chi connectivity index (χ0) is 21.7. The van der Waals surface area contributed by atoms with E-state index in [0.717, 1.165) is 18.6 Å². The van der Waals surface area contributed by atoms with Crippen molar-refractivity contribution in [1.82, 2.24) is 14.9 Å². The summed E-state index contributed by atoms with van der Waals surface area (Å²) in [6, 6.07) is 14.2. The van der Waals surface area contributed by atoms with Crippen LogP contribution in [-0.2, 0) is 12.8 Å². The predicted octanol–water partition coefficient (Wildman–Crippen LogP) is 5.09. The number of aromatic nitrogens is 2. The van der Waals surface area contributed by atoms with Crippen molar-refractivity contribution in [2.24, 2.45) is 5.41 Å². The molecule has 32 heavy (non-hydrogen) atoms. The summed E-state index contributed by atoms with van der Waals surface area (Å²) in [7, 11) is 1.72. The molecule has 0 bridgehead atoms. The fraction of sp³-hybridized carbons (Fsp3) is 0.519. The highest BCUT2D eigenvalue weighted by atomic mass is 16.5. The van der Waals surface area contributed by atoms with Crippen LogP contribution in [0.5, 0.6) is 5.75 Å². The molecule has 0 unspecified atom stereocenters. The van der Waals surface area contributed by atoms with E-state index < -0.39 is 0 Å². The number of nitrogens with zero attached hydrogens (tertiary/aromatic N) is 2. The van der Waals surface area contributed by atoms with Gasteiger partial charge in [-0.1, -0.05) is 12.1 Å². The van der Waals surface area contributed by atoms with Gasteiger partial charge in [-0.25, -0.2) is 4.98 Å². The van der Waals surface area contributed by atoms with Gasteiger partial charge in [-0.05, 0) is 80.7 Å². The molecule has 1 aromatic heterocycles. The summed E-state index contributed by atoms with van der Waals surface area (Å²) >= 11 is 0. The Labute approximate surface area is 190 Å². The molecule has 1 saturated carbocycles. The summed E-state index contributed by atoms with van der Waals surface area (Å²) < 4.78 is 7.97. The second kappa shape index (κ2) is 7.80. The predicted molar refractivity (Wildman–Crippen MR) is 130 cm³/mol. The molecule has 2 fully saturated rings. The van der Waals surface area contributed by atoms with Gasteiger partial charge in [-0.3, -0.25) is 0 Å². The smallest absolute Gasteiger partial charge is 0.118 e. The van der Waals surface area contributed by atoms with E-state index in [2.05, 4.69) is 58.5 Å². The molecule has 1 saturated heterocycles. The summed E-state index contributed by atoms with van der Waals surface area (Å²) in [5.41, 5.74) is 7.10. The molecule has 0 radical (unpaired) electrons. The largest absolute Gasteiger partial charge is 0.497 e. The van der Waals surface area contributed by atoms with Gasteiger partial charge in [-0.15, -0.1) is 0 Å². The molecule has 3 aliphatic rings. The maximum atomic E-state index is 5.36. The van der Waals surface area contributed by atoms with Gasteiger partial charge in [0.1, 0.15) is 11.6 Å². The number of methoxy groups -OCH3 is 1. The topological polar surface area (TPSA) is 51.1 Å². The fourth-order valence-electron chi connectivity index (χ4n) is 6.12. The van der Waals surface area contributed by atoms with Crippen LogP contribution in [0.25, 0.3) is 11.0 Å². The van der Waals surface area contributed by atoms with Gasteiger partial charge in [0.25, 0.3) is 0 Å². The third-order valence-corrected chi connectivity index (χ3v) is 8.17. The van der Waals surface area contributed by atoms with Gasteiger partial charge in [0.2, 0.25) is 0 Å². The summed E-state index contributed by atoms with van der Waals surface area (Å²) in [5, 5.41) is 7.18. The quantitative estimate of drug-likeness (QED) is 0.606. The molecule has 168 valence electrons. The van der Waals surface area contributed by atoms with E-state index in [1.165, 1.54) is 78.9 Å². The molecule has 5 nitrogen and oxygen atoms in total. The van der Waals surface area contributed by atoms with Crippen LogP contribution in [0.2, 0.25) is 0 Å². The number of fused-ring (bicyclic) bond motifs is 3. The second-order valence-corrected chi connectivity index (χ2v) is 10.3.